The van der Waals surface area contributed by atoms with Gasteiger partial charge in [0, 0.05) is 13.1 Å². The summed E-state index contributed by atoms with van der Waals surface area (Å²) in [6.45, 7) is 1.17. The molecule has 0 aliphatic carbocycles. The Morgan fingerprint density at radius 3 is 2.78 bits per heavy atom. The molecule has 1 amide bonds. The van der Waals surface area contributed by atoms with E-state index in [1.54, 1.807) is 18.4 Å². The van der Waals surface area contributed by atoms with Crippen LogP contribution in [0, 0.1) is 0 Å². The Bertz CT molecular complexity index is 484. The van der Waals surface area contributed by atoms with Crippen molar-refractivity contribution < 1.29 is 18.3 Å². The summed E-state index contributed by atoms with van der Waals surface area (Å²) in [5.41, 5.74) is 0. The minimum Gasteiger partial charge on any atom is -0.394 e. The maximum atomic E-state index is 12.0. The number of carbonyl (C=O) groups excluding carboxylic acids is 1. The Labute approximate surface area is 110 Å². The van der Waals surface area contributed by atoms with Crippen LogP contribution >= 0.6 is 11.3 Å². The monoisotopic (exact) mass is 292 g/mol. The van der Waals surface area contributed by atoms with Gasteiger partial charge in [0.25, 0.3) is 10.0 Å². The lowest BCUT2D eigenvalue weighted by molar-refractivity contribution is -0.122. The molecule has 6 nitrogen and oxygen atoms in total. The molecular formula is C10H16N2O4S2. The van der Waals surface area contributed by atoms with Crippen molar-refractivity contribution in [2.45, 2.75) is 17.2 Å². The second kappa shape index (κ2) is 6.28. The van der Waals surface area contributed by atoms with Crippen LogP contribution in [0.5, 0.6) is 0 Å². The van der Waals surface area contributed by atoms with Gasteiger partial charge in [-0.3, -0.25) is 4.79 Å². The van der Waals surface area contributed by atoms with Crippen molar-refractivity contribution in [1.82, 2.24) is 9.62 Å². The second-order valence-corrected chi connectivity index (χ2v) is 7.06. The van der Waals surface area contributed by atoms with Crippen molar-refractivity contribution in [2.24, 2.45) is 0 Å². The molecule has 0 spiro atoms. The van der Waals surface area contributed by atoms with E-state index in [2.05, 4.69) is 5.32 Å². The molecule has 1 atom stereocenters. The fraction of sp³-hybridized carbons (Fsp3) is 0.500. The molecule has 2 N–H and O–H groups in total. The van der Waals surface area contributed by atoms with Crippen molar-refractivity contribution in [3.8, 4) is 0 Å². The van der Waals surface area contributed by atoms with Crippen LogP contribution in [-0.2, 0) is 14.8 Å². The summed E-state index contributed by atoms with van der Waals surface area (Å²) in [6, 6.07) is 2.74. The van der Waals surface area contributed by atoms with Crippen LogP contribution in [0.3, 0.4) is 0 Å². The van der Waals surface area contributed by atoms with Crippen molar-refractivity contribution in [3.63, 3.8) is 0 Å². The van der Waals surface area contributed by atoms with Crippen LogP contribution in [0.4, 0.5) is 0 Å². The van der Waals surface area contributed by atoms with Crippen LogP contribution in [0.2, 0.25) is 0 Å². The molecular weight excluding hydrogens is 276 g/mol. The Balaban J connectivity index is 2.66. The molecule has 0 saturated carbocycles. The number of thiophene rings is 1. The van der Waals surface area contributed by atoms with Gasteiger partial charge < -0.3 is 10.4 Å². The summed E-state index contributed by atoms with van der Waals surface area (Å²) in [6.07, 6.45) is 0. The van der Waals surface area contributed by atoms with Gasteiger partial charge in [0.15, 0.2) is 0 Å². The highest BCUT2D eigenvalue weighted by Crippen LogP contribution is 2.19. The number of aliphatic hydroxyl groups is 1. The second-order valence-electron chi connectivity index (χ2n) is 3.84. The van der Waals surface area contributed by atoms with E-state index >= 15 is 0 Å². The minimum absolute atomic E-state index is 0.187. The number of nitrogens with one attached hydrogen (secondary N) is 1. The number of hydrogen-bond donors (Lipinski definition) is 2. The molecule has 1 rings (SSSR count). The number of sulfonamides is 1. The molecule has 1 aromatic rings. The van der Waals surface area contributed by atoms with Crippen molar-refractivity contribution in [1.29, 1.82) is 0 Å². The van der Waals surface area contributed by atoms with Gasteiger partial charge in [-0.15, -0.1) is 11.3 Å². The number of nitrogens with zero attached hydrogens (tertiary/aromatic N) is 1. The molecule has 18 heavy (non-hydrogen) atoms. The van der Waals surface area contributed by atoms with Crippen LogP contribution in [-0.4, -0.2) is 50.0 Å². The summed E-state index contributed by atoms with van der Waals surface area (Å²) in [5, 5.41) is 12.9. The first kappa shape index (κ1) is 15.1. The third kappa shape index (κ3) is 3.77. The van der Waals surface area contributed by atoms with Gasteiger partial charge in [-0.1, -0.05) is 6.07 Å². The quantitative estimate of drug-likeness (QED) is 0.764. The van der Waals surface area contributed by atoms with E-state index in [4.69, 9.17) is 5.11 Å². The first-order valence-electron chi connectivity index (χ1n) is 5.28. The highest BCUT2D eigenvalue weighted by Gasteiger charge is 2.24. The van der Waals surface area contributed by atoms with E-state index < -0.39 is 22.0 Å². The maximum Gasteiger partial charge on any atom is 0.252 e. The molecule has 0 fully saturated rings. The molecule has 0 bridgehead atoms. The fourth-order valence-corrected chi connectivity index (χ4v) is 3.55. The van der Waals surface area contributed by atoms with E-state index in [1.807, 2.05) is 0 Å². The molecule has 102 valence electrons. The maximum absolute atomic E-state index is 12.0. The smallest absolute Gasteiger partial charge is 0.252 e. The Morgan fingerprint density at radius 1 is 1.61 bits per heavy atom. The lowest BCUT2D eigenvalue weighted by Gasteiger charge is -2.17. The summed E-state index contributed by atoms with van der Waals surface area (Å²) in [5.74, 6) is -0.445. The molecule has 0 saturated heterocycles. The molecule has 0 aliphatic heterocycles. The highest BCUT2D eigenvalue weighted by atomic mass is 32.2. The van der Waals surface area contributed by atoms with Gasteiger partial charge in [0.1, 0.15) is 4.21 Å². The van der Waals surface area contributed by atoms with E-state index in [0.717, 1.165) is 15.6 Å². The average Bonchev–Trinajstić information content (AvgIpc) is 2.82. The number of carbonyl (C=O) groups is 1. The lowest BCUT2D eigenvalue weighted by Crippen LogP contribution is -2.42. The zero-order valence-corrected chi connectivity index (χ0v) is 11.8. The Morgan fingerprint density at radius 2 is 2.28 bits per heavy atom. The van der Waals surface area contributed by atoms with Gasteiger partial charge >= 0.3 is 0 Å². The molecule has 1 heterocycles. The molecule has 0 radical (unpaired) electrons. The van der Waals surface area contributed by atoms with Gasteiger partial charge in [0.2, 0.25) is 5.91 Å². The number of hydrogen-bond acceptors (Lipinski definition) is 5. The number of amides is 1. The van der Waals surface area contributed by atoms with Crippen molar-refractivity contribution in [2.75, 3.05) is 20.2 Å². The van der Waals surface area contributed by atoms with Crippen molar-refractivity contribution in [3.05, 3.63) is 17.5 Å². The number of rotatable bonds is 6. The standard InChI is InChI=1S/C10H16N2O4S2/c1-8(7-13)11-9(14)6-12(2)18(15,16)10-4-3-5-17-10/h3-5,8,13H,6-7H2,1-2H3,(H,11,14)/t8-/m1/s1. The molecule has 8 heteroatoms. The van der Waals surface area contributed by atoms with Crippen LogP contribution < -0.4 is 5.32 Å². The largest absolute Gasteiger partial charge is 0.394 e. The fourth-order valence-electron chi connectivity index (χ4n) is 1.22. The number of likely N-dealkylation sites (N-methyl/N-ethyl adjacent to an activating group) is 1. The first-order chi connectivity index (χ1) is 8.37. The summed E-state index contributed by atoms with van der Waals surface area (Å²) < 4.78 is 25.2. The normalized spacial score (nSPS) is 13.6. The Hall–Kier alpha value is -0.960. The predicted octanol–water partition coefficient (Wildman–Crippen LogP) is -0.134. The third-order valence-electron chi connectivity index (χ3n) is 2.21. The third-order valence-corrected chi connectivity index (χ3v) is 5.38. The topological polar surface area (TPSA) is 86.7 Å². The molecule has 0 aromatic carbocycles. The van der Waals surface area contributed by atoms with Gasteiger partial charge in [0.05, 0.1) is 13.2 Å². The highest BCUT2D eigenvalue weighted by molar-refractivity contribution is 7.91. The van der Waals surface area contributed by atoms with E-state index in [-0.39, 0.29) is 17.4 Å². The minimum atomic E-state index is -3.60. The molecule has 0 aliphatic rings. The summed E-state index contributed by atoms with van der Waals surface area (Å²) in [7, 11) is -2.26. The van der Waals surface area contributed by atoms with Crippen molar-refractivity contribution >= 4 is 27.3 Å². The molecule has 0 unspecified atom stereocenters. The predicted molar refractivity (Wildman–Crippen MR) is 68.8 cm³/mol. The van der Waals surface area contributed by atoms with E-state index in [9.17, 15) is 13.2 Å². The number of aliphatic hydroxyl groups excluding tert-OH is 1. The summed E-state index contributed by atoms with van der Waals surface area (Å²) >= 11 is 1.10. The SMILES string of the molecule is C[C@H](CO)NC(=O)CN(C)S(=O)(=O)c1cccs1. The van der Waals surface area contributed by atoms with Gasteiger partial charge in [-0.05, 0) is 18.4 Å². The zero-order valence-electron chi connectivity index (χ0n) is 10.2. The Kier molecular flexibility index (Phi) is 5.27. The zero-order chi connectivity index (χ0) is 13.8. The average molecular weight is 292 g/mol. The van der Waals surface area contributed by atoms with Crippen LogP contribution in [0.15, 0.2) is 21.7 Å². The lowest BCUT2D eigenvalue weighted by atomic mass is 10.3. The summed E-state index contributed by atoms with van der Waals surface area (Å²) in [4.78, 5) is 11.5. The van der Waals surface area contributed by atoms with Gasteiger partial charge in [-0.2, -0.15) is 4.31 Å². The van der Waals surface area contributed by atoms with Gasteiger partial charge in [-0.25, -0.2) is 8.42 Å². The molecule has 1 aromatic heterocycles. The van der Waals surface area contributed by atoms with Crippen LogP contribution in [0.25, 0.3) is 0 Å². The van der Waals surface area contributed by atoms with E-state index in [1.165, 1.54) is 13.1 Å². The van der Waals surface area contributed by atoms with Crippen LogP contribution in [0.1, 0.15) is 6.92 Å². The van der Waals surface area contributed by atoms with E-state index in [0.29, 0.717) is 0 Å². The first-order valence-corrected chi connectivity index (χ1v) is 7.60.